The normalized spacial score (nSPS) is 24.9. The molecular formula is C30H52O6Si3. The molecule has 2 fully saturated rings. The molecular weight excluding hydrogens is 541 g/mol. The fourth-order valence-corrected chi connectivity index (χ4v) is 18.8. The molecule has 0 aromatic heterocycles. The molecule has 2 aliphatic carbocycles. The van der Waals surface area contributed by atoms with Gasteiger partial charge in [-0.25, -0.2) is 0 Å². The summed E-state index contributed by atoms with van der Waals surface area (Å²) in [5.74, 6) is 1.33. The number of carbonyl (C=O) groups excluding carboxylic acids is 1. The zero-order chi connectivity index (χ0) is 29.3. The maximum atomic E-state index is 13.1. The molecule has 9 heteroatoms. The Morgan fingerprint density at radius 1 is 0.974 bits per heavy atom. The van der Waals surface area contributed by atoms with E-state index < -0.39 is 31.3 Å². The van der Waals surface area contributed by atoms with Gasteiger partial charge in [0, 0.05) is 12.0 Å². The zero-order valence-electron chi connectivity index (χ0n) is 26.0. The predicted octanol–water partition coefficient (Wildman–Crippen LogP) is 7.02. The van der Waals surface area contributed by atoms with E-state index in [-0.39, 0.29) is 24.0 Å². The highest BCUT2D eigenvalue weighted by Gasteiger charge is 2.63. The summed E-state index contributed by atoms with van der Waals surface area (Å²) in [4.78, 5) is 13.1. The van der Waals surface area contributed by atoms with Crippen molar-refractivity contribution in [2.45, 2.75) is 98.0 Å². The van der Waals surface area contributed by atoms with Crippen molar-refractivity contribution in [3.05, 3.63) is 35.4 Å². The maximum absolute atomic E-state index is 13.1. The van der Waals surface area contributed by atoms with E-state index in [0.29, 0.717) is 24.1 Å². The molecule has 0 aliphatic heterocycles. The van der Waals surface area contributed by atoms with Crippen molar-refractivity contribution in [2.24, 2.45) is 16.7 Å². The molecule has 39 heavy (non-hydrogen) atoms. The molecule has 1 N–H and O–H groups in total. The first-order valence-electron chi connectivity index (χ1n) is 14.5. The van der Waals surface area contributed by atoms with Crippen LogP contribution in [0.4, 0.5) is 0 Å². The van der Waals surface area contributed by atoms with E-state index in [1.165, 1.54) is 0 Å². The second-order valence-corrected chi connectivity index (χ2v) is 27.2. The summed E-state index contributed by atoms with van der Waals surface area (Å²) in [6, 6.07) is 8.64. The number of fused-ring (bicyclic) bond motifs is 2. The van der Waals surface area contributed by atoms with E-state index in [9.17, 15) is 9.90 Å². The molecule has 3 unspecified atom stereocenters. The second-order valence-electron chi connectivity index (χ2n) is 14.3. The van der Waals surface area contributed by atoms with Crippen LogP contribution in [0, 0.1) is 16.7 Å². The van der Waals surface area contributed by atoms with Gasteiger partial charge in [-0.15, -0.1) is 0 Å². The number of Topliss-reactive ketones (excluding diaryl/α,β-unsaturated/α-hetero) is 1. The van der Waals surface area contributed by atoms with Crippen molar-refractivity contribution < 1.29 is 27.6 Å². The SMILES string of the molecule is CC12CCC(/C(=C\c3ccc(OCC(O)COCCC[Si](C)(O[Si](C)(C)C)O[Si](C)(C)C)cc3)C1=O)C2(C)C. The lowest BCUT2D eigenvalue weighted by molar-refractivity contribution is -0.125. The molecule has 0 radical (unpaired) electrons. The third-order valence-corrected chi connectivity index (χ3v) is 17.9. The van der Waals surface area contributed by atoms with Gasteiger partial charge in [0.2, 0.25) is 0 Å². The lowest BCUT2D eigenvalue weighted by atomic mass is 9.70. The Kier molecular flexibility index (Phi) is 10.0. The highest BCUT2D eigenvalue weighted by Crippen LogP contribution is 2.65. The van der Waals surface area contributed by atoms with Crippen molar-refractivity contribution in [2.75, 3.05) is 19.8 Å². The van der Waals surface area contributed by atoms with Crippen LogP contribution in [0.15, 0.2) is 29.8 Å². The Balaban J connectivity index is 1.42. The van der Waals surface area contributed by atoms with E-state index in [2.05, 4.69) is 72.7 Å². The van der Waals surface area contributed by atoms with Gasteiger partial charge < -0.3 is 22.8 Å². The Bertz CT molecular complexity index is 1010. The van der Waals surface area contributed by atoms with Crippen LogP contribution in [0.25, 0.3) is 6.08 Å². The number of ketones is 1. The van der Waals surface area contributed by atoms with Gasteiger partial charge >= 0.3 is 8.56 Å². The molecule has 220 valence electrons. The summed E-state index contributed by atoms with van der Waals surface area (Å²) in [6.07, 6.45) is 4.27. The Morgan fingerprint density at radius 3 is 2.08 bits per heavy atom. The molecule has 2 bridgehead atoms. The third kappa shape index (κ3) is 8.24. The summed E-state index contributed by atoms with van der Waals surface area (Å²) in [7, 11) is -5.67. The summed E-state index contributed by atoms with van der Waals surface area (Å²) < 4.78 is 24.6. The van der Waals surface area contributed by atoms with Crippen LogP contribution in [0.1, 0.15) is 45.6 Å². The average Bonchev–Trinajstić information content (AvgIpc) is 3.09. The summed E-state index contributed by atoms with van der Waals surface area (Å²) in [5, 5.41) is 10.4. The average molecular weight is 593 g/mol. The minimum Gasteiger partial charge on any atom is -0.491 e. The number of aliphatic hydroxyl groups is 1. The number of ether oxygens (including phenoxy) is 2. The van der Waals surface area contributed by atoms with Gasteiger partial charge in [0.15, 0.2) is 22.4 Å². The summed E-state index contributed by atoms with van der Waals surface area (Å²) in [6.45, 7) is 23.0. The maximum Gasteiger partial charge on any atom is 0.314 e. The first-order valence-corrected chi connectivity index (χ1v) is 23.8. The third-order valence-electron chi connectivity index (χ3n) is 8.28. The monoisotopic (exact) mass is 592 g/mol. The molecule has 3 atom stereocenters. The zero-order valence-corrected chi connectivity index (χ0v) is 29.0. The molecule has 0 heterocycles. The molecule has 0 spiro atoms. The largest absolute Gasteiger partial charge is 0.491 e. The van der Waals surface area contributed by atoms with Crippen LogP contribution in [-0.2, 0) is 17.8 Å². The standard InChI is InChI=1S/C30H52O6Si3/c1-29(2)27-16-17-30(29,3)28(32)26(27)20-23-12-14-25(15-13-23)34-22-24(31)21-33-18-11-19-39(10,35-37(4,5)6)36-38(7,8)9/h12-15,20,24,27,31H,11,16-19,21-22H2,1-10H3/b26-20+. The molecule has 1 aromatic carbocycles. The lowest BCUT2D eigenvalue weighted by Gasteiger charge is -2.38. The Labute approximate surface area is 240 Å². The van der Waals surface area contributed by atoms with Crippen LogP contribution in [0.5, 0.6) is 5.75 Å². The van der Waals surface area contributed by atoms with E-state index in [0.717, 1.165) is 36.4 Å². The van der Waals surface area contributed by atoms with Crippen molar-refractivity contribution in [3.63, 3.8) is 0 Å². The highest BCUT2D eigenvalue weighted by atomic mass is 28.5. The minimum absolute atomic E-state index is 0.0162. The number of aliphatic hydroxyl groups excluding tert-OH is 1. The molecule has 0 amide bonds. The lowest BCUT2D eigenvalue weighted by Crippen LogP contribution is -2.52. The second kappa shape index (κ2) is 12.0. The Morgan fingerprint density at radius 2 is 1.56 bits per heavy atom. The van der Waals surface area contributed by atoms with Gasteiger partial charge in [-0.3, -0.25) is 4.79 Å². The molecule has 0 saturated heterocycles. The fraction of sp³-hybridized carbons (Fsp3) is 0.700. The number of hydrogen-bond acceptors (Lipinski definition) is 6. The van der Waals surface area contributed by atoms with Crippen LogP contribution in [0.3, 0.4) is 0 Å². The first-order chi connectivity index (χ1) is 17.9. The number of allylic oxidation sites excluding steroid dienone is 1. The van der Waals surface area contributed by atoms with E-state index in [4.69, 9.17) is 17.7 Å². The smallest absolute Gasteiger partial charge is 0.314 e. The quantitative estimate of drug-likeness (QED) is 0.142. The summed E-state index contributed by atoms with van der Waals surface area (Å²) in [5.41, 5.74) is 1.75. The van der Waals surface area contributed by atoms with Crippen LogP contribution >= 0.6 is 0 Å². The van der Waals surface area contributed by atoms with Gasteiger partial charge in [-0.2, -0.15) is 0 Å². The molecule has 2 saturated carbocycles. The van der Waals surface area contributed by atoms with E-state index in [1.807, 2.05) is 24.3 Å². The molecule has 1 aromatic rings. The minimum atomic E-state index is -2.26. The van der Waals surface area contributed by atoms with Gasteiger partial charge in [0.05, 0.1) is 6.61 Å². The number of rotatable bonds is 14. The molecule has 6 nitrogen and oxygen atoms in total. The van der Waals surface area contributed by atoms with Crippen LogP contribution in [0.2, 0.25) is 51.9 Å². The topological polar surface area (TPSA) is 74.2 Å². The number of hydrogen-bond donors (Lipinski definition) is 1. The van der Waals surface area contributed by atoms with Crippen LogP contribution in [-0.4, -0.2) is 62.0 Å². The highest BCUT2D eigenvalue weighted by molar-refractivity contribution is 6.87. The van der Waals surface area contributed by atoms with E-state index >= 15 is 0 Å². The molecule has 3 rings (SSSR count). The van der Waals surface area contributed by atoms with Crippen molar-refractivity contribution in [3.8, 4) is 5.75 Å². The van der Waals surface area contributed by atoms with Crippen molar-refractivity contribution in [1.29, 1.82) is 0 Å². The number of carbonyl (C=O) groups is 1. The first kappa shape index (κ1) is 32.4. The van der Waals surface area contributed by atoms with Gasteiger partial charge in [0.25, 0.3) is 0 Å². The molecule has 2 aliphatic rings. The predicted molar refractivity (Wildman–Crippen MR) is 166 cm³/mol. The van der Waals surface area contributed by atoms with E-state index in [1.54, 1.807) is 0 Å². The van der Waals surface area contributed by atoms with Crippen molar-refractivity contribution >= 4 is 37.1 Å². The van der Waals surface area contributed by atoms with Gasteiger partial charge in [0.1, 0.15) is 18.5 Å². The summed E-state index contributed by atoms with van der Waals surface area (Å²) >= 11 is 0. The van der Waals surface area contributed by atoms with Crippen molar-refractivity contribution in [1.82, 2.24) is 0 Å². The Hall–Kier alpha value is -1.08. The van der Waals surface area contributed by atoms with Gasteiger partial charge in [-0.1, -0.05) is 32.9 Å². The van der Waals surface area contributed by atoms with Crippen LogP contribution < -0.4 is 4.74 Å². The van der Waals surface area contributed by atoms with Gasteiger partial charge in [-0.05, 0) is 112 Å². The number of benzene rings is 1. The fourth-order valence-electron chi connectivity index (χ4n) is 6.31.